The molecule has 0 aromatic heterocycles. The van der Waals surface area contributed by atoms with E-state index in [0.29, 0.717) is 30.2 Å². The fourth-order valence-corrected chi connectivity index (χ4v) is 2.83. The third kappa shape index (κ3) is 3.08. The van der Waals surface area contributed by atoms with Crippen molar-refractivity contribution in [2.24, 2.45) is 0 Å². The van der Waals surface area contributed by atoms with E-state index < -0.39 is 0 Å². The van der Waals surface area contributed by atoms with E-state index in [9.17, 15) is 9.90 Å². The van der Waals surface area contributed by atoms with Crippen LogP contribution in [0.15, 0.2) is 36.4 Å². The van der Waals surface area contributed by atoms with Crippen LogP contribution in [0.25, 0.3) is 0 Å². The predicted octanol–water partition coefficient (Wildman–Crippen LogP) is 2.61. The van der Waals surface area contributed by atoms with Gasteiger partial charge in [0.15, 0.2) is 0 Å². The van der Waals surface area contributed by atoms with E-state index in [1.165, 1.54) is 0 Å². The second-order valence-electron chi connectivity index (χ2n) is 5.53. The molecule has 1 amide bonds. The van der Waals surface area contributed by atoms with E-state index in [1.54, 1.807) is 49.5 Å². The number of amides is 1. The molecule has 0 atom stereocenters. The summed E-state index contributed by atoms with van der Waals surface area (Å²) >= 11 is 0. The summed E-state index contributed by atoms with van der Waals surface area (Å²) < 4.78 is 10.5. The normalized spacial score (nSPS) is 13.4. The Bertz CT molecular complexity index is 720. The molecule has 23 heavy (non-hydrogen) atoms. The monoisotopic (exact) mass is 313 g/mol. The van der Waals surface area contributed by atoms with Crippen LogP contribution in [0.4, 0.5) is 0 Å². The first-order chi connectivity index (χ1) is 11.1. The van der Waals surface area contributed by atoms with Crippen molar-refractivity contribution in [3.05, 3.63) is 53.1 Å². The van der Waals surface area contributed by atoms with Gasteiger partial charge in [-0.1, -0.05) is 6.07 Å². The molecule has 0 spiro atoms. The first-order valence-corrected chi connectivity index (χ1v) is 7.44. The predicted molar refractivity (Wildman–Crippen MR) is 86.1 cm³/mol. The SMILES string of the molecule is COc1cc(OC)cc(C(=O)N2CCc3cc(O)ccc3C2)c1. The topological polar surface area (TPSA) is 59.0 Å². The number of fused-ring (bicyclic) bond motifs is 1. The fraction of sp³-hybridized carbons (Fsp3) is 0.278. The van der Waals surface area contributed by atoms with E-state index in [0.717, 1.165) is 17.5 Å². The van der Waals surface area contributed by atoms with Crippen molar-refractivity contribution >= 4 is 5.91 Å². The van der Waals surface area contributed by atoms with Crippen molar-refractivity contribution in [1.82, 2.24) is 4.90 Å². The van der Waals surface area contributed by atoms with Crippen molar-refractivity contribution in [1.29, 1.82) is 0 Å². The molecule has 5 nitrogen and oxygen atoms in total. The van der Waals surface area contributed by atoms with E-state index in [-0.39, 0.29) is 11.7 Å². The maximum atomic E-state index is 12.8. The van der Waals surface area contributed by atoms with Crippen molar-refractivity contribution < 1.29 is 19.4 Å². The zero-order chi connectivity index (χ0) is 16.4. The maximum absolute atomic E-state index is 12.8. The van der Waals surface area contributed by atoms with Crippen LogP contribution >= 0.6 is 0 Å². The summed E-state index contributed by atoms with van der Waals surface area (Å²) in [5, 5.41) is 9.55. The summed E-state index contributed by atoms with van der Waals surface area (Å²) in [5.41, 5.74) is 2.71. The van der Waals surface area contributed by atoms with Gasteiger partial charge in [-0.05, 0) is 41.8 Å². The minimum absolute atomic E-state index is 0.0547. The van der Waals surface area contributed by atoms with Crippen molar-refractivity contribution in [2.45, 2.75) is 13.0 Å². The van der Waals surface area contributed by atoms with Gasteiger partial charge in [0.05, 0.1) is 14.2 Å². The third-order valence-electron chi connectivity index (χ3n) is 4.09. The van der Waals surface area contributed by atoms with Gasteiger partial charge in [-0.2, -0.15) is 0 Å². The second kappa shape index (κ2) is 6.20. The Hall–Kier alpha value is -2.69. The Morgan fingerprint density at radius 1 is 1.04 bits per heavy atom. The summed E-state index contributed by atoms with van der Waals surface area (Å²) in [6.07, 6.45) is 0.733. The van der Waals surface area contributed by atoms with Gasteiger partial charge in [-0.3, -0.25) is 4.79 Å². The van der Waals surface area contributed by atoms with Crippen molar-refractivity contribution in [3.63, 3.8) is 0 Å². The number of phenolic OH excluding ortho intramolecular Hbond substituents is 1. The number of hydrogen-bond donors (Lipinski definition) is 1. The Kier molecular flexibility index (Phi) is 4.10. The standard InChI is InChI=1S/C18H19NO4/c1-22-16-8-14(9-17(10-16)23-2)18(21)19-6-5-12-7-15(20)4-3-13(12)11-19/h3-4,7-10,20H,5-6,11H2,1-2H3. The number of rotatable bonds is 3. The smallest absolute Gasteiger partial charge is 0.254 e. The molecule has 2 aromatic carbocycles. The van der Waals surface area contributed by atoms with Gasteiger partial charge in [0, 0.05) is 24.7 Å². The molecule has 0 saturated heterocycles. The Labute approximate surface area is 135 Å². The molecular weight excluding hydrogens is 294 g/mol. The van der Waals surface area contributed by atoms with Crippen LogP contribution in [-0.4, -0.2) is 36.7 Å². The molecule has 0 unspecified atom stereocenters. The van der Waals surface area contributed by atoms with E-state index in [2.05, 4.69) is 0 Å². The molecule has 0 saturated carbocycles. The molecule has 5 heteroatoms. The largest absolute Gasteiger partial charge is 0.508 e. The number of nitrogens with zero attached hydrogens (tertiary/aromatic N) is 1. The number of benzene rings is 2. The molecule has 1 heterocycles. The molecule has 1 N–H and O–H groups in total. The molecule has 2 aromatic rings. The number of phenols is 1. The number of carbonyl (C=O) groups is 1. The fourth-order valence-electron chi connectivity index (χ4n) is 2.83. The summed E-state index contributed by atoms with van der Waals surface area (Å²) in [5.74, 6) is 1.40. The maximum Gasteiger partial charge on any atom is 0.254 e. The lowest BCUT2D eigenvalue weighted by Crippen LogP contribution is -2.35. The Morgan fingerprint density at radius 3 is 2.39 bits per heavy atom. The van der Waals surface area contributed by atoms with Crippen LogP contribution < -0.4 is 9.47 Å². The summed E-state index contributed by atoms with van der Waals surface area (Å²) in [7, 11) is 3.12. The highest BCUT2D eigenvalue weighted by atomic mass is 16.5. The number of aromatic hydroxyl groups is 1. The summed E-state index contributed by atoms with van der Waals surface area (Å²) in [4.78, 5) is 14.6. The minimum atomic E-state index is -0.0547. The molecular formula is C18H19NO4. The van der Waals surface area contributed by atoms with Gasteiger partial charge in [0.2, 0.25) is 0 Å². The molecule has 0 radical (unpaired) electrons. The van der Waals surface area contributed by atoms with Gasteiger partial charge in [0.1, 0.15) is 17.2 Å². The van der Waals surface area contributed by atoms with Gasteiger partial charge >= 0.3 is 0 Å². The van der Waals surface area contributed by atoms with Crippen LogP contribution in [0.3, 0.4) is 0 Å². The molecule has 0 bridgehead atoms. The Balaban J connectivity index is 1.85. The molecule has 3 rings (SSSR count). The van der Waals surface area contributed by atoms with Gasteiger partial charge in [0.25, 0.3) is 5.91 Å². The van der Waals surface area contributed by atoms with Crippen LogP contribution in [-0.2, 0) is 13.0 Å². The van der Waals surface area contributed by atoms with Crippen LogP contribution in [0.5, 0.6) is 17.2 Å². The number of ether oxygens (including phenoxy) is 2. The van der Waals surface area contributed by atoms with Crippen LogP contribution in [0.1, 0.15) is 21.5 Å². The molecule has 120 valence electrons. The third-order valence-corrected chi connectivity index (χ3v) is 4.09. The van der Waals surface area contributed by atoms with Crippen LogP contribution in [0, 0.1) is 0 Å². The zero-order valence-electron chi connectivity index (χ0n) is 13.2. The lowest BCUT2D eigenvalue weighted by molar-refractivity contribution is 0.0734. The van der Waals surface area contributed by atoms with Gasteiger partial charge in [-0.25, -0.2) is 0 Å². The highest BCUT2D eigenvalue weighted by molar-refractivity contribution is 5.95. The molecule has 0 aliphatic carbocycles. The van der Waals surface area contributed by atoms with E-state index >= 15 is 0 Å². The molecule has 1 aliphatic heterocycles. The van der Waals surface area contributed by atoms with Gasteiger partial charge in [-0.15, -0.1) is 0 Å². The highest BCUT2D eigenvalue weighted by Gasteiger charge is 2.23. The second-order valence-corrected chi connectivity index (χ2v) is 5.53. The number of hydrogen-bond acceptors (Lipinski definition) is 4. The van der Waals surface area contributed by atoms with Crippen molar-refractivity contribution in [2.75, 3.05) is 20.8 Å². The average Bonchev–Trinajstić information content (AvgIpc) is 2.60. The van der Waals surface area contributed by atoms with Gasteiger partial charge < -0.3 is 19.5 Å². The van der Waals surface area contributed by atoms with E-state index in [1.807, 2.05) is 6.07 Å². The van der Waals surface area contributed by atoms with Crippen molar-refractivity contribution in [3.8, 4) is 17.2 Å². The lowest BCUT2D eigenvalue weighted by Gasteiger charge is -2.29. The lowest BCUT2D eigenvalue weighted by atomic mass is 9.99. The number of methoxy groups -OCH3 is 2. The first kappa shape index (κ1) is 15.2. The zero-order valence-corrected chi connectivity index (χ0v) is 13.2. The first-order valence-electron chi connectivity index (χ1n) is 7.44. The quantitative estimate of drug-likeness (QED) is 0.946. The summed E-state index contributed by atoms with van der Waals surface area (Å²) in [6.45, 7) is 1.16. The number of carbonyl (C=O) groups excluding carboxylic acids is 1. The highest BCUT2D eigenvalue weighted by Crippen LogP contribution is 2.27. The summed E-state index contributed by atoms with van der Waals surface area (Å²) in [6, 6.07) is 10.5. The van der Waals surface area contributed by atoms with E-state index in [4.69, 9.17) is 9.47 Å². The molecule has 1 aliphatic rings. The minimum Gasteiger partial charge on any atom is -0.508 e. The van der Waals surface area contributed by atoms with Crippen LogP contribution in [0.2, 0.25) is 0 Å². The molecule has 0 fully saturated rings. The average molecular weight is 313 g/mol. The Morgan fingerprint density at radius 2 is 1.74 bits per heavy atom.